The molecule has 0 bridgehead atoms. The van der Waals surface area contributed by atoms with Crippen LogP contribution in [0.3, 0.4) is 0 Å². The summed E-state index contributed by atoms with van der Waals surface area (Å²) >= 11 is 0. The maximum absolute atomic E-state index is 13.2. The van der Waals surface area contributed by atoms with E-state index in [1.54, 1.807) is 4.68 Å². The maximum atomic E-state index is 13.2. The van der Waals surface area contributed by atoms with Crippen LogP contribution in [0.1, 0.15) is 47.4 Å². The van der Waals surface area contributed by atoms with Crippen molar-refractivity contribution in [3.8, 4) is 0 Å². The Kier molecular flexibility index (Phi) is 5.02. The number of anilines is 2. The van der Waals surface area contributed by atoms with Gasteiger partial charge in [-0.1, -0.05) is 0 Å². The second kappa shape index (κ2) is 8.09. The summed E-state index contributed by atoms with van der Waals surface area (Å²) in [5.41, 5.74) is 5.75. The molecule has 2 aliphatic rings. The number of hydrogen-bond acceptors (Lipinski definition) is 6. The van der Waals surface area contributed by atoms with Gasteiger partial charge in [0, 0.05) is 55.2 Å². The first-order chi connectivity index (χ1) is 16.4. The van der Waals surface area contributed by atoms with Crippen molar-refractivity contribution in [3.05, 3.63) is 41.3 Å². The summed E-state index contributed by atoms with van der Waals surface area (Å²) in [6.07, 6.45) is 6.93. The van der Waals surface area contributed by atoms with Crippen LogP contribution in [0.5, 0.6) is 0 Å². The molecule has 1 aliphatic carbocycles. The van der Waals surface area contributed by atoms with Crippen molar-refractivity contribution in [2.24, 2.45) is 7.05 Å². The molecule has 0 unspecified atom stereocenters. The van der Waals surface area contributed by atoms with E-state index in [-0.39, 0.29) is 5.91 Å². The Hall–Kier alpha value is -3.46. The first-order valence-corrected chi connectivity index (χ1v) is 12.1. The molecule has 6 rings (SSSR count). The Bertz CT molecular complexity index is 1390. The lowest BCUT2D eigenvalue weighted by Crippen LogP contribution is -2.43. The van der Waals surface area contributed by atoms with E-state index in [0.717, 1.165) is 65.5 Å². The molecule has 3 aromatic heterocycles. The van der Waals surface area contributed by atoms with Gasteiger partial charge >= 0.3 is 0 Å². The highest BCUT2D eigenvalue weighted by molar-refractivity contribution is 6.13. The number of nitrogens with zero attached hydrogens (tertiary/aromatic N) is 5. The van der Waals surface area contributed by atoms with Gasteiger partial charge in [-0.15, -0.1) is 0 Å². The zero-order valence-corrected chi connectivity index (χ0v) is 19.9. The number of fused-ring (bicyclic) bond motifs is 2. The molecular formula is C25H30N8O. The predicted molar refractivity (Wildman–Crippen MR) is 133 cm³/mol. The number of aromatic amines is 1. The maximum Gasteiger partial charge on any atom is 0.260 e. The molecule has 4 aromatic rings. The van der Waals surface area contributed by atoms with Crippen molar-refractivity contribution in [2.75, 3.05) is 23.3 Å². The van der Waals surface area contributed by atoms with E-state index in [4.69, 9.17) is 0 Å². The van der Waals surface area contributed by atoms with Crippen LogP contribution in [0.2, 0.25) is 0 Å². The first kappa shape index (κ1) is 21.1. The van der Waals surface area contributed by atoms with Gasteiger partial charge in [-0.2, -0.15) is 5.10 Å². The number of aryl methyl sites for hydroxylation is 3. The number of benzene rings is 1. The van der Waals surface area contributed by atoms with Crippen molar-refractivity contribution >= 4 is 39.5 Å². The standard InChI is InChI=1S/C25H30N8O/c1-14-12-20-22(15(2)26-14)29-25(28-20)30-24(34)18-6-7-21(19-13-32(3)31-23(18)19)33-10-8-17(9-11-33)27-16-4-5-16/h6-7,12-13,16-17,27H,4-5,8-11H2,1-3H3,(H2,28,29,30,34). The van der Waals surface area contributed by atoms with E-state index in [1.165, 1.54) is 12.8 Å². The molecule has 1 saturated carbocycles. The third-order valence-corrected chi connectivity index (χ3v) is 6.90. The van der Waals surface area contributed by atoms with Crippen LogP contribution in [0.4, 0.5) is 11.6 Å². The van der Waals surface area contributed by atoms with Gasteiger partial charge in [-0.05, 0) is 57.7 Å². The molecule has 0 radical (unpaired) electrons. The predicted octanol–water partition coefficient (Wildman–Crippen LogP) is 3.43. The van der Waals surface area contributed by atoms with Crippen LogP contribution >= 0.6 is 0 Å². The molecule has 2 fully saturated rings. The fraction of sp³-hybridized carbons (Fsp3) is 0.440. The van der Waals surface area contributed by atoms with Gasteiger partial charge in [0.2, 0.25) is 5.95 Å². The van der Waals surface area contributed by atoms with Gasteiger partial charge in [-0.3, -0.25) is 19.8 Å². The minimum absolute atomic E-state index is 0.232. The number of hydrogen-bond donors (Lipinski definition) is 3. The Morgan fingerprint density at radius 3 is 2.59 bits per heavy atom. The highest BCUT2D eigenvalue weighted by Crippen LogP contribution is 2.32. The molecule has 1 aliphatic heterocycles. The summed E-state index contributed by atoms with van der Waals surface area (Å²) in [4.78, 5) is 27.9. The average Bonchev–Trinajstić information content (AvgIpc) is 3.38. The normalized spacial score (nSPS) is 17.1. The molecule has 1 amide bonds. The minimum atomic E-state index is -0.232. The topological polar surface area (TPSA) is 104 Å². The fourth-order valence-corrected chi connectivity index (χ4v) is 5.09. The number of carbonyl (C=O) groups excluding carboxylic acids is 1. The van der Waals surface area contributed by atoms with Gasteiger partial charge < -0.3 is 15.2 Å². The number of piperidine rings is 1. The van der Waals surface area contributed by atoms with E-state index in [0.29, 0.717) is 23.1 Å². The van der Waals surface area contributed by atoms with Crippen LogP contribution < -0.4 is 15.5 Å². The Morgan fingerprint density at radius 1 is 1.06 bits per heavy atom. The molecule has 0 atom stereocenters. The molecule has 0 spiro atoms. The smallest absolute Gasteiger partial charge is 0.260 e. The molecule has 1 saturated heterocycles. The molecule has 9 nitrogen and oxygen atoms in total. The minimum Gasteiger partial charge on any atom is -0.371 e. The number of nitrogens with one attached hydrogen (secondary N) is 3. The molecular weight excluding hydrogens is 428 g/mol. The number of carbonyl (C=O) groups is 1. The first-order valence-electron chi connectivity index (χ1n) is 12.1. The lowest BCUT2D eigenvalue weighted by Gasteiger charge is -2.34. The average molecular weight is 459 g/mol. The van der Waals surface area contributed by atoms with Gasteiger partial charge in [-0.25, -0.2) is 4.98 Å². The molecule has 1 aromatic carbocycles. The SMILES string of the molecule is Cc1cc2[nH]c(NC(=O)c3ccc(N4CCC(NC5CC5)CC4)c4cn(C)nc34)nc2c(C)n1. The monoisotopic (exact) mass is 458 g/mol. The third-order valence-electron chi connectivity index (χ3n) is 6.90. The summed E-state index contributed by atoms with van der Waals surface area (Å²) < 4.78 is 1.78. The van der Waals surface area contributed by atoms with Crippen molar-refractivity contribution < 1.29 is 4.79 Å². The summed E-state index contributed by atoms with van der Waals surface area (Å²) in [5, 5.41) is 12.3. The third kappa shape index (κ3) is 3.90. The zero-order valence-electron chi connectivity index (χ0n) is 19.9. The highest BCUT2D eigenvalue weighted by atomic mass is 16.1. The second-order valence-corrected chi connectivity index (χ2v) is 9.68. The van der Waals surface area contributed by atoms with E-state index in [9.17, 15) is 4.79 Å². The molecule has 34 heavy (non-hydrogen) atoms. The number of pyridine rings is 1. The number of rotatable bonds is 5. The van der Waals surface area contributed by atoms with Crippen LogP contribution in [0.25, 0.3) is 21.9 Å². The van der Waals surface area contributed by atoms with Crippen LogP contribution in [0.15, 0.2) is 24.4 Å². The van der Waals surface area contributed by atoms with Gasteiger partial charge in [0.05, 0.1) is 16.8 Å². The molecule has 4 heterocycles. The summed E-state index contributed by atoms with van der Waals surface area (Å²) in [6.45, 7) is 5.87. The summed E-state index contributed by atoms with van der Waals surface area (Å²) in [6, 6.07) is 7.23. The number of amides is 1. The Balaban J connectivity index is 1.26. The lowest BCUT2D eigenvalue weighted by molar-refractivity contribution is 0.102. The lowest BCUT2D eigenvalue weighted by atomic mass is 10.0. The Morgan fingerprint density at radius 2 is 1.82 bits per heavy atom. The fourth-order valence-electron chi connectivity index (χ4n) is 5.09. The van der Waals surface area contributed by atoms with E-state index in [2.05, 4.69) is 41.7 Å². The highest BCUT2D eigenvalue weighted by Gasteiger charge is 2.28. The van der Waals surface area contributed by atoms with Crippen LogP contribution in [-0.4, -0.2) is 55.8 Å². The van der Waals surface area contributed by atoms with Gasteiger partial charge in [0.25, 0.3) is 5.91 Å². The Labute approximate surface area is 197 Å². The van der Waals surface area contributed by atoms with Crippen LogP contribution in [-0.2, 0) is 7.05 Å². The summed E-state index contributed by atoms with van der Waals surface area (Å²) in [5.74, 6) is 0.179. The van der Waals surface area contributed by atoms with Crippen molar-refractivity contribution in [1.82, 2.24) is 30.0 Å². The number of H-pyrrole nitrogens is 1. The van der Waals surface area contributed by atoms with Gasteiger partial charge in [0.15, 0.2) is 0 Å². The number of aromatic nitrogens is 5. The van der Waals surface area contributed by atoms with E-state index >= 15 is 0 Å². The van der Waals surface area contributed by atoms with E-state index in [1.807, 2.05) is 39.2 Å². The van der Waals surface area contributed by atoms with Gasteiger partial charge in [0.1, 0.15) is 11.0 Å². The van der Waals surface area contributed by atoms with Crippen molar-refractivity contribution in [1.29, 1.82) is 0 Å². The molecule has 3 N–H and O–H groups in total. The zero-order chi connectivity index (χ0) is 23.4. The van der Waals surface area contributed by atoms with E-state index < -0.39 is 0 Å². The van der Waals surface area contributed by atoms with Crippen molar-refractivity contribution in [3.63, 3.8) is 0 Å². The quantitative estimate of drug-likeness (QED) is 0.423. The second-order valence-electron chi connectivity index (χ2n) is 9.68. The largest absolute Gasteiger partial charge is 0.371 e. The molecule has 176 valence electrons. The summed E-state index contributed by atoms with van der Waals surface area (Å²) in [7, 11) is 1.90. The molecule has 9 heteroatoms. The van der Waals surface area contributed by atoms with Crippen LogP contribution in [0, 0.1) is 13.8 Å². The van der Waals surface area contributed by atoms with Crippen molar-refractivity contribution in [2.45, 2.75) is 51.6 Å². The number of imidazole rings is 1.